The topological polar surface area (TPSA) is 115 Å². The number of fused-ring (bicyclic) bond motifs is 1. The van der Waals surface area contributed by atoms with Crippen LogP contribution in [0.5, 0.6) is 11.5 Å². The first kappa shape index (κ1) is 23.6. The van der Waals surface area contributed by atoms with Gasteiger partial charge in [0.05, 0.1) is 20.8 Å². The smallest absolute Gasteiger partial charge is 0.272 e. The van der Waals surface area contributed by atoms with Gasteiger partial charge in [0.1, 0.15) is 11.2 Å². The minimum atomic E-state index is -1.10. The SMILES string of the molecule is COc1cccc(CNC(=O)c2cc3n(n2)C[C@@](C)(C(=O)NC2CCCC2)N(C)C3=O)c1OC. The summed E-state index contributed by atoms with van der Waals surface area (Å²) in [4.78, 5) is 40.5. The number of para-hydroxylation sites is 1. The molecule has 1 fully saturated rings. The fraction of sp³-hybridized carbons (Fsp3) is 0.500. The molecule has 1 aromatic heterocycles. The van der Waals surface area contributed by atoms with Crippen molar-refractivity contribution in [1.82, 2.24) is 25.3 Å². The molecule has 1 aliphatic heterocycles. The molecule has 0 spiro atoms. The standard InChI is InChI=1S/C24H31N5O5/c1-24(23(32)26-16-9-5-6-10-16)14-29-18(22(31)28(24)2)12-17(27-29)21(30)25-13-15-8-7-11-19(33-3)20(15)34-4/h7-8,11-12,16H,5-6,9-10,13-14H2,1-4H3,(H,25,30)(H,26,32)/t24-/m0/s1. The number of methoxy groups -OCH3 is 2. The molecule has 4 rings (SSSR count). The van der Waals surface area contributed by atoms with Crippen LogP contribution in [-0.4, -0.2) is 65.2 Å². The highest BCUT2D eigenvalue weighted by molar-refractivity contribution is 6.01. The zero-order valence-electron chi connectivity index (χ0n) is 20.0. The molecule has 2 aromatic rings. The summed E-state index contributed by atoms with van der Waals surface area (Å²) in [5.41, 5.74) is 0.0309. The summed E-state index contributed by atoms with van der Waals surface area (Å²) >= 11 is 0. The fourth-order valence-electron chi connectivity index (χ4n) is 4.61. The zero-order chi connectivity index (χ0) is 24.5. The van der Waals surface area contributed by atoms with Crippen LogP contribution in [-0.2, 0) is 17.9 Å². The van der Waals surface area contributed by atoms with Crippen molar-refractivity contribution in [3.63, 3.8) is 0 Å². The highest BCUT2D eigenvalue weighted by Crippen LogP contribution is 2.31. The predicted molar refractivity (Wildman–Crippen MR) is 124 cm³/mol. The molecular weight excluding hydrogens is 438 g/mol. The van der Waals surface area contributed by atoms with Gasteiger partial charge in [-0.2, -0.15) is 5.10 Å². The van der Waals surface area contributed by atoms with Crippen LogP contribution in [0.4, 0.5) is 0 Å². The second-order valence-corrected chi connectivity index (χ2v) is 9.00. The van der Waals surface area contributed by atoms with E-state index in [0.29, 0.717) is 11.5 Å². The summed E-state index contributed by atoms with van der Waals surface area (Å²) in [6.45, 7) is 2.09. The minimum Gasteiger partial charge on any atom is -0.493 e. The number of carbonyl (C=O) groups is 3. The monoisotopic (exact) mass is 469 g/mol. The van der Waals surface area contributed by atoms with Gasteiger partial charge in [0, 0.05) is 31.3 Å². The summed E-state index contributed by atoms with van der Waals surface area (Å²) in [6, 6.07) is 7.01. The van der Waals surface area contributed by atoms with Gasteiger partial charge in [-0.15, -0.1) is 0 Å². The number of aromatic nitrogens is 2. The number of amides is 3. The Morgan fingerprint density at radius 2 is 1.94 bits per heavy atom. The largest absolute Gasteiger partial charge is 0.493 e. The molecule has 1 saturated carbocycles. The average molecular weight is 470 g/mol. The number of likely N-dealkylation sites (N-methyl/N-ethyl adjacent to an activating group) is 1. The van der Waals surface area contributed by atoms with Gasteiger partial charge in [-0.3, -0.25) is 19.1 Å². The minimum absolute atomic E-state index is 0.110. The van der Waals surface area contributed by atoms with Crippen LogP contribution < -0.4 is 20.1 Å². The Labute approximate surface area is 198 Å². The Hall–Kier alpha value is -3.56. The molecule has 3 amide bonds. The maximum Gasteiger partial charge on any atom is 0.272 e. The van der Waals surface area contributed by atoms with Crippen molar-refractivity contribution in [3.8, 4) is 11.5 Å². The van der Waals surface area contributed by atoms with Crippen LogP contribution in [0.2, 0.25) is 0 Å². The number of ether oxygens (including phenoxy) is 2. The molecule has 0 bridgehead atoms. The van der Waals surface area contributed by atoms with Crippen LogP contribution in [0.25, 0.3) is 0 Å². The van der Waals surface area contributed by atoms with E-state index in [9.17, 15) is 14.4 Å². The quantitative estimate of drug-likeness (QED) is 0.638. The molecule has 1 aliphatic carbocycles. The first-order chi connectivity index (χ1) is 16.3. The Morgan fingerprint density at radius 3 is 2.62 bits per heavy atom. The van der Waals surface area contributed by atoms with Crippen LogP contribution in [0.3, 0.4) is 0 Å². The number of benzene rings is 1. The van der Waals surface area contributed by atoms with Crippen molar-refractivity contribution in [3.05, 3.63) is 41.2 Å². The molecule has 1 aromatic carbocycles. The molecule has 2 aliphatic rings. The van der Waals surface area contributed by atoms with Crippen LogP contribution in [0.15, 0.2) is 24.3 Å². The van der Waals surface area contributed by atoms with Crippen molar-refractivity contribution >= 4 is 17.7 Å². The number of carbonyl (C=O) groups excluding carboxylic acids is 3. The van der Waals surface area contributed by atoms with Crippen LogP contribution in [0, 0.1) is 0 Å². The van der Waals surface area contributed by atoms with E-state index in [4.69, 9.17) is 9.47 Å². The lowest BCUT2D eigenvalue weighted by Crippen LogP contribution is -2.63. The number of hydrogen-bond donors (Lipinski definition) is 2. The third kappa shape index (κ3) is 4.20. The molecule has 2 heterocycles. The lowest BCUT2D eigenvalue weighted by Gasteiger charge is -2.41. The molecule has 10 heteroatoms. The zero-order valence-corrected chi connectivity index (χ0v) is 20.0. The molecule has 182 valence electrons. The van der Waals surface area contributed by atoms with Gasteiger partial charge < -0.3 is 25.0 Å². The van der Waals surface area contributed by atoms with Crippen molar-refractivity contribution in [1.29, 1.82) is 0 Å². The Balaban J connectivity index is 1.50. The lowest BCUT2D eigenvalue weighted by molar-refractivity contribution is -0.133. The summed E-state index contributed by atoms with van der Waals surface area (Å²) < 4.78 is 12.2. The van der Waals surface area contributed by atoms with Crippen molar-refractivity contribution in [2.75, 3.05) is 21.3 Å². The fourth-order valence-corrected chi connectivity index (χ4v) is 4.61. The molecule has 0 saturated heterocycles. The first-order valence-electron chi connectivity index (χ1n) is 11.4. The number of hydrogen-bond acceptors (Lipinski definition) is 6. The molecule has 34 heavy (non-hydrogen) atoms. The van der Waals surface area contributed by atoms with E-state index in [-0.39, 0.29) is 42.3 Å². The Morgan fingerprint density at radius 1 is 1.21 bits per heavy atom. The van der Waals surface area contributed by atoms with Gasteiger partial charge in [0.2, 0.25) is 5.91 Å². The van der Waals surface area contributed by atoms with Gasteiger partial charge in [0.15, 0.2) is 17.2 Å². The summed E-state index contributed by atoms with van der Waals surface area (Å²) in [7, 11) is 4.70. The van der Waals surface area contributed by atoms with Gasteiger partial charge in [-0.25, -0.2) is 0 Å². The maximum absolute atomic E-state index is 13.1. The third-order valence-corrected chi connectivity index (χ3v) is 6.84. The number of rotatable bonds is 7. The molecule has 2 N–H and O–H groups in total. The number of nitrogens with one attached hydrogen (secondary N) is 2. The molecule has 10 nitrogen and oxygen atoms in total. The van der Waals surface area contributed by atoms with Gasteiger partial charge >= 0.3 is 0 Å². The van der Waals surface area contributed by atoms with Gasteiger partial charge in [-0.05, 0) is 25.8 Å². The molecular formula is C24H31N5O5. The molecule has 0 radical (unpaired) electrons. The highest BCUT2D eigenvalue weighted by atomic mass is 16.5. The van der Waals surface area contributed by atoms with Crippen LogP contribution >= 0.6 is 0 Å². The lowest BCUT2D eigenvalue weighted by atomic mass is 9.95. The summed E-state index contributed by atoms with van der Waals surface area (Å²) in [5, 5.41) is 10.3. The number of nitrogens with zero attached hydrogens (tertiary/aromatic N) is 3. The van der Waals surface area contributed by atoms with E-state index < -0.39 is 11.4 Å². The van der Waals surface area contributed by atoms with Crippen LogP contribution in [0.1, 0.15) is 59.1 Å². The van der Waals surface area contributed by atoms with Gasteiger partial charge in [0.25, 0.3) is 11.8 Å². The maximum atomic E-state index is 13.1. The molecule has 0 unspecified atom stereocenters. The van der Waals surface area contributed by atoms with E-state index >= 15 is 0 Å². The van der Waals surface area contributed by atoms with E-state index in [1.807, 2.05) is 12.1 Å². The normalized spacial score (nSPS) is 20.1. The third-order valence-electron chi connectivity index (χ3n) is 6.84. The summed E-state index contributed by atoms with van der Waals surface area (Å²) in [5.74, 6) is 0.119. The first-order valence-corrected chi connectivity index (χ1v) is 11.4. The highest BCUT2D eigenvalue weighted by Gasteiger charge is 2.46. The van der Waals surface area contributed by atoms with E-state index in [1.54, 1.807) is 27.1 Å². The van der Waals surface area contributed by atoms with E-state index in [0.717, 1.165) is 31.2 Å². The molecule has 1 atom stereocenters. The van der Waals surface area contributed by atoms with Crippen molar-refractivity contribution in [2.45, 2.75) is 57.3 Å². The second kappa shape index (κ2) is 9.36. The second-order valence-electron chi connectivity index (χ2n) is 9.00. The van der Waals surface area contributed by atoms with Gasteiger partial charge in [-0.1, -0.05) is 25.0 Å². The Kier molecular flexibility index (Phi) is 6.49. The van der Waals surface area contributed by atoms with E-state index in [1.165, 1.54) is 22.8 Å². The predicted octanol–water partition coefficient (Wildman–Crippen LogP) is 1.73. The summed E-state index contributed by atoms with van der Waals surface area (Å²) in [6.07, 6.45) is 4.10. The van der Waals surface area contributed by atoms with Crippen molar-refractivity contribution < 1.29 is 23.9 Å². The average Bonchev–Trinajstić information content (AvgIpc) is 3.50. The van der Waals surface area contributed by atoms with Crippen molar-refractivity contribution in [2.24, 2.45) is 0 Å². The Bertz CT molecular complexity index is 1110. The van der Waals surface area contributed by atoms with E-state index in [2.05, 4.69) is 15.7 Å².